The highest BCUT2D eigenvalue weighted by molar-refractivity contribution is 8.14. The molecule has 25 heavy (non-hydrogen) atoms. The minimum Gasteiger partial charge on any atom is -0.299 e. The SMILES string of the molecule is CC(=O)SC1CC2=CC(=O)CC[C@]2(C)[C@@H]2CC[C@]3(C)C(=O)CC[C@H]3[C@H]12. The molecule has 0 radical (unpaired) electrons. The maximum Gasteiger partial charge on any atom is 0.186 e. The second kappa shape index (κ2) is 5.80. The topological polar surface area (TPSA) is 51.2 Å². The van der Waals surface area contributed by atoms with Crippen molar-refractivity contribution < 1.29 is 14.4 Å². The Morgan fingerprint density at radius 2 is 1.80 bits per heavy atom. The summed E-state index contributed by atoms with van der Waals surface area (Å²) in [4.78, 5) is 36.6. The monoisotopic (exact) mass is 360 g/mol. The van der Waals surface area contributed by atoms with Crippen LogP contribution in [0, 0.1) is 28.6 Å². The van der Waals surface area contributed by atoms with E-state index in [2.05, 4.69) is 13.8 Å². The first-order valence-electron chi connectivity index (χ1n) is 9.70. The fraction of sp³-hybridized carbons (Fsp3) is 0.762. The largest absolute Gasteiger partial charge is 0.299 e. The number of thioether (sulfide) groups is 1. The van der Waals surface area contributed by atoms with Gasteiger partial charge in [0.15, 0.2) is 10.9 Å². The van der Waals surface area contributed by atoms with Gasteiger partial charge in [0.05, 0.1) is 0 Å². The van der Waals surface area contributed by atoms with Gasteiger partial charge in [-0.15, -0.1) is 0 Å². The van der Waals surface area contributed by atoms with Crippen molar-refractivity contribution in [2.75, 3.05) is 0 Å². The van der Waals surface area contributed by atoms with E-state index in [0.29, 0.717) is 36.4 Å². The Kier molecular flexibility index (Phi) is 4.06. The van der Waals surface area contributed by atoms with Crippen LogP contribution in [0.1, 0.15) is 65.7 Å². The summed E-state index contributed by atoms with van der Waals surface area (Å²) in [5, 5.41) is 0.384. The minimum atomic E-state index is -0.182. The fourth-order valence-corrected chi connectivity index (χ4v) is 7.83. The smallest absolute Gasteiger partial charge is 0.186 e. The summed E-state index contributed by atoms with van der Waals surface area (Å²) in [6.45, 7) is 6.17. The zero-order valence-corrected chi connectivity index (χ0v) is 16.3. The molecule has 0 heterocycles. The predicted octanol–water partition coefficient (Wildman–Crippen LogP) is 4.35. The fourth-order valence-electron chi connectivity index (χ4n) is 6.61. The first kappa shape index (κ1) is 17.5. The Bertz CT molecular complexity index is 681. The zero-order valence-electron chi connectivity index (χ0n) is 15.5. The van der Waals surface area contributed by atoms with Crippen molar-refractivity contribution in [1.29, 1.82) is 0 Å². The van der Waals surface area contributed by atoms with E-state index in [1.807, 2.05) is 6.08 Å². The highest BCUT2D eigenvalue weighted by atomic mass is 32.2. The first-order chi connectivity index (χ1) is 11.8. The minimum absolute atomic E-state index is 0.0827. The standard InChI is InChI=1S/C21H28O3S/c1-12(22)25-17-11-13-10-14(23)6-8-20(13,2)16-7-9-21(3)15(19(16)17)4-5-18(21)24/h10,15-17,19H,4-9,11H2,1-3H3/t15-,16+,17?,19-,20-,21-/m0/s1. The summed E-state index contributed by atoms with van der Waals surface area (Å²) in [5.41, 5.74) is 1.18. The molecule has 0 bridgehead atoms. The molecule has 0 spiro atoms. The molecule has 0 aromatic heterocycles. The molecule has 4 rings (SSSR count). The molecule has 4 aliphatic carbocycles. The van der Waals surface area contributed by atoms with Crippen molar-refractivity contribution in [2.24, 2.45) is 28.6 Å². The average Bonchev–Trinajstić information content (AvgIpc) is 2.84. The van der Waals surface area contributed by atoms with Crippen LogP contribution in [0.2, 0.25) is 0 Å². The number of carbonyl (C=O) groups is 3. The van der Waals surface area contributed by atoms with E-state index in [1.54, 1.807) is 6.92 Å². The Hall–Kier alpha value is -0.900. The molecule has 0 aromatic rings. The second-order valence-electron chi connectivity index (χ2n) is 9.11. The molecule has 0 aliphatic heterocycles. The van der Waals surface area contributed by atoms with E-state index in [9.17, 15) is 14.4 Å². The summed E-state index contributed by atoms with van der Waals surface area (Å²) < 4.78 is 0. The van der Waals surface area contributed by atoms with Crippen LogP contribution in [-0.2, 0) is 14.4 Å². The van der Waals surface area contributed by atoms with E-state index in [1.165, 1.54) is 17.3 Å². The van der Waals surface area contributed by atoms with Gasteiger partial charge in [-0.05, 0) is 61.3 Å². The average molecular weight is 361 g/mol. The molecule has 4 aliphatic rings. The molecule has 0 N–H and O–H groups in total. The third-order valence-electron chi connectivity index (χ3n) is 7.99. The van der Waals surface area contributed by atoms with Crippen LogP contribution in [0.25, 0.3) is 0 Å². The molecule has 0 saturated heterocycles. The number of hydrogen-bond acceptors (Lipinski definition) is 4. The molecular weight excluding hydrogens is 332 g/mol. The van der Waals surface area contributed by atoms with E-state index in [4.69, 9.17) is 0 Å². The summed E-state index contributed by atoms with van der Waals surface area (Å²) in [6, 6.07) is 0. The maximum atomic E-state index is 12.6. The van der Waals surface area contributed by atoms with Gasteiger partial charge in [-0.2, -0.15) is 0 Å². The molecule has 4 heteroatoms. The van der Waals surface area contributed by atoms with Gasteiger partial charge >= 0.3 is 0 Å². The maximum absolute atomic E-state index is 12.6. The van der Waals surface area contributed by atoms with E-state index in [0.717, 1.165) is 32.1 Å². The zero-order chi connectivity index (χ0) is 18.0. The van der Waals surface area contributed by atoms with Gasteiger partial charge in [0.2, 0.25) is 0 Å². The molecule has 1 unspecified atom stereocenters. The van der Waals surface area contributed by atoms with Crippen LogP contribution in [0.15, 0.2) is 11.6 Å². The van der Waals surface area contributed by atoms with Gasteiger partial charge < -0.3 is 0 Å². The molecule has 3 nitrogen and oxygen atoms in total. The van der Waals surface area contributed by atoms with Crippen molar-refractivity contribution in [3.8, 4) is 0 Å². The van der Waals surface area contributed by atoms with Crippen molar-refractivity contribution in [2.45, 2.75) is 71.0 Å². The number of hydrogen-bond donors (Lipinski definition) is 0. The number of fused-ring (bicyclic) bond motifs is 5. The van der Waals surface area contributed by atoms with Gasteiger partial charge in [0.25, 0.3) is 0 Å². The summed E-state index contributed by atoms with van der Waals surface area (Å²) in [7, 11) is 0. The van der Waals surface area contributed by atoms with E-state index >= 15 is 0 Å². The molecule has 6 atom stereocenters. The molecule has 0 amide bonds. The third-order valence-corrected chi connectivity index (χ3v) is 9.10. The van der Waals surface area contributed by atoms with Crippen LogP contribution >= 0.6 is 11.8 Å². The molecule has 3 fully saturated rings. The Labute approximate surface area is 154 Å². The summed E-state index contributed by atoms with van der Waals surface area (Å²) >= 11 is 1.46. The highest BCUT2D eigenvalue weighted by Gasteiger charge is 2.61. The van der Waals surface area contributed by atoms with Crippen molar-refractivity contribution in [3.63, 3.8) is 0 Å². The Balaban J connectivity index is 1.77. The van der Waals surface area contributed by atoms with Crippen LogP contribution in [0.3, 0.4) is 0 Å². The van der Waals surface area contributed by atoms with E-state index < -0.39 is 0 Å². The van der Waals surface area contributed by atoms with Crippen LogP contribution in [0.5, 0.6) is 0 Å². The summed E-state index contributed by atoms with van der Waals surface area (Å²) in [6.07, 6.45) is 8.04. The highest BCUT2D eigenvalue weighted by Crippen LogP contribution is 2.65. The quantitative estimate of drug-likeness (QED) is 0.698. The lowest BCUT2D eigenvalue weighted by Crippen LogP contribution is -2.54. The van der Waals surface area contributed by atoms with Crippen molar-refractivity contribution in [3.05, 3.63) is 11.6 Å². The summed E-state index contributed by atoms with van der Waals surface area (Å²) in [5.74, 6) is 2.02. The number of allylic oxidation sites excluding steroid dienone is 1. The van der Waals surface area contributed by atoms with E-state index in [-0.39, 0.29) is 27.0 Å². The van der Waals surface area contributed by atoms with Crippen LogP contribution < -0.4 is 0 Å². The van der Waals surface area contributed by atoms with Crippen LogP contribution in [-0.4, -0.2) is 21.9 Å². The number of rotatable bonds is 1. The number of ketones is 2. The molecule has 3 saturated carbocycles. The molecule has 136 valence electrons. The third kappa shape index (κ3) is 2.50. The predicted molar refractivity (Wildman–Crippen MR) is 99.2 cm³/mol. The lowest BCUT2D eigenvalue weighted by Gasteiger charge is -2.59. The lowest BCUT2D eigenvalue weighted by atomic mass is 9.47. The van der Waals surface area contributed by atoms with Crippen molar-refractivity contribution in [1.82, 2.24) is 0 Å². The Morgan fingerprint density at radius 3 is 2.52 bits per heavy atom. The first-order valence-corrected chi connectivity index (χ1v) is 10.6. The second-order valence-corrected chi connectivity index (χ2v) is 10.5. The van der Waals surface area contributed by atoms with Gasteiger partial charge in [0, 0.05) is 30.4 Å². The molecular formula is C21H28O3S. The van der Waals surface area contributed by atoms with Gasteiger partial charge in [0.1, 0.15) is 5.78 Å². The number of carbonyl (C=O) groups excluding carboxylic acids is 3. The normalized spacial score (nSPS) is 46.1. The van der Waals surface area contributed by atoms with Gasteiger partial charge in [-0.3, -0.25) is 14.4 Å². The number of Topliss-reactive ketones (excluding diaryl/α,β-unsaturated/α-hetero) is 1. The van der Waals surface area contributed by atoms with Gasteiger partial charge in [-0.1, -0.05) is 31.2 Å². The van der Waals surface area contributed by atoms with Crippen molar-refractivity contribution >= 4 is 28.4 Å². The van der Waals surface area contributed by atoms with Crippen LogP contribution in [0.4, 0.5) is 0 Å². The molecule has 0 aromatic carbocycles. The lowest BCUT2D eigenvalue weighted by molar-refractivity contribution is -0.132. The Morgan fingerprint density at radius 1 is 1.08 bits per heavy atom. The van der Waals surface area contributed by atoms with Gasteiger partial charge in [-0.25, -0.2) is 0 Å².